The topological polar surface area (TPSA) is 85.9 Å². The highest BCUT2D eigenvalue weighted by Crippen LogP contribution is 2.39. The van der Waals surface area contributed by atoms with Gasteiger partial charge in [0.15, 0.2) is 11.5 Å². The van der Waals surface area contributed by atoms with Crippen LogP contribution >= 0.6 is 11.6 Å². The smallest absolute Gasteiger partial charge is 0.255 e. The summed E-state index contributed by atoms with van der Waals surface area (Å²) in [6.07, 6.45) is 0.344. The molecule has 0 spiro atoms. The highest BCUT2D eigenvalue weighted by molar-refractivity contribution is 6.34. The number of anilines is 2. The van der Waals surface area contributed by atoms with Gasteiger partial charge in [0.1, 0.15) is 0 Å². The monoisotopic (exact) mass is 434 g/mol. The molecular formula is C22H27ClN2O5. The van der Waals surface area contributed by atoms with Crippen LogP contribution < -0.4 is 24.8 Å². The number of carbonyl (C=O) groups excluding carboxylic acids is 2. The lowest BCUT2D eigenvalue weighted by molar-refractivity contribution is -0.115. The number of ether oxygens (including phenoxy) is 3. The molecule has 0 radical (unpaired) electrons. The van der Waals surface area contributed by atoms with Crippen LogP contribution in [0, 0.1) is 0 Å². The number of amides is 2. The van der Waals surface area contributed by atoms with Crippen LogP contribution in [0.15, 0.2) is 30.3 Å². The Bertz CT molecular complexity index is 874. The molecule has 0 aliphatic heterocycles. The van der Waals surface area contributed by atoms with Gasteiger partial charge in [-0.05, 0) is 51.1 Å². The van der Waals surface area contributed by atoms with E-state index in [1.54, 1.807) is 37.3 Å². The first kappa shape index (κ1) is 23.3. The van der Waals surface area contributed by atoms with Crippen LogP contribution in [0.2, 0.25) is 5.02 Å². The lowest BCUT2D eigenvalue weighted by Gasteiger charge is -2.17. The first-order valence-electron chi connectivity index (χ1n) is 9.90. The fraction of sp³-hybridized carbons (Fsp3) is 0.364. The van der Waals surface area contributed by atoms with E-state index in [-0.39, 0.29) is 5.91 Å². The Morgan fingerprint density at radius 1 is 0.867 bits per heavy atom. The fourth-order valence-electron chi connectivity index (χ4n) is 2.66. The zero-order valence-corrected chi connectivity index (χ0v) is 18.4. The molecule has 7 nitrogen and oxygen atoms in total. The van der Waals surface area contributed by atoms with Gasteiger partial charge < -0.3 is 24.8 Å². The van der Waals surface area contributed by atoms with E-state index < -0.39 is 5.91 Å². The molecule has 0 saturated carbocycles. The summed E-state index contributed by atoms with van der Waals surface area (Å²) in [6, 6.07) is 8.09. The zero-order chi connectivity index (χ0) is 22.1. The average Bonchev–Trinajstić information content (AvgIpc) is 2.72. The molecule has 8 heteroatoms. The Labute approximate surface area is 181 Å². The van der Waals surface area contributed by atoms with E-state index in [0.29, 0.717) is 65.5 Å². The van der Waals surface area contributed by atoms with Crippen LogP contribution in [0.1, 0.15) is 44.5 Å². The van der Waals surface area contributed by atoms with E-state index in [2.05, 4.69) is 10.6 Å². The number of halogens is 1. The summed E-state index contributed by atoms with van der Waals surface area (Å²) in [7, 11) is 0. The maximum atomic E-state index is 12.9. The van der Waals surface area contributed by atoms with Gasteiger partial charge in [-0.3, -0.25) is 9.59 Å². The number of rotatable bonds is 10. The van der Waals surface area contributed by atoms with Crippen molar-refractivity contribution in [3.05, 3.63) is 40.9 Å². The summed E-state index contributed by atoms with van der Waals surface area (Å²) < 4.78 is 17.0. The van der Waals surface area contributed by atoms with Crippen molar-refractivity contribution in [1.29, 1.82) is 0 Å². The first-order valence-corrected chi connectivity index (χ1v) is 10.3. The summed E-state index contributed by atoms with van der Waals surface area (Å²) >= 11 is 6.23. The van der Waals surface area contributed by atoms with E-state index >= 15 is 0 Å². The highest BCUT2D eigenvalue weighted by atomic mass is 35.5. The molecule has 2 amide bonds. The summed E-state index contributed by atoms with van der Waals surface area (Å²) in [4.78, 5) is 24.6. The molecule has 2 aromatic rings. The van der Waals surface area contributed by atoms with Crippen molar-refractivity contribution < 1.29 is 23.8 Å². The molecule has 0 aromatic heterocycles. The SMILES string of the molecule is CCOc1cc(C(=O)Nc2cc(NC(=O)CC)ccc2Cl)cc(OCC)c1OCC. The number of nitrogens with one attached hydrogen (secondary N) is 2. The van der Waals surface area contributed by atoms with E-state index in [0.717, 1.165) is 0 Å². The van der Waals surface area contributed by atoms with Crippen LogP contribution in [0.5, 0.6) is 17.2 Å². The standard InChI is InChI=1S/C22H27ClN2O5/c1-5-20(26)24-15-9-10-16(23)17(13-15)25-22(27)14-11-18(28-6-2)21(30-8-4)19(12-14)29-7-3/h9-13H,5-8H2,1-4H3,(H,24,26)(H,25,27). The van der Waals surface area contributed by atoms with Gasteiger partial charge in [0, 0.05) is 17.7 Å². The van der Waals surface area contributed by atoms with E-state index in [9.17, 15) is 9.59 Å². The molecule has 162 valence electrons. The minimum Gasteiger partial charge on any atom is -0.490 e. The molecular weight excluding hydrogens is 408 g/mol. The number of carbonyl (C=O) groups is 2. The van der Waals surface area contributed by atoms with Gasteiger partial charge in [-0.2, -0.15) is 0 Å². The van der Waals surface area contributed by atoms with Crippen molar-refractivity contribution in [3.8, 4) is 17.2 Å². The highest BCUT2D eigenvalue weighted by Gasteiger charge is 2.19. The average molecular weight is 435 g/mol. The van der Waals surface area contributed by atoms with Crippen LogP contribution in [0.25, 0.3) is 0 Å². The lowest BCUT2D eigenvalue weighted by Crippen LogP contribution is -2.14. The van der Waals surface area contributed by atoms with Crippen molar-refractivity contribution in [3.63, 3.8) is 0 Å². The molecule has 0 unspecified atom stereocenters. The van der Waals surface area contributed by atoms with Gasteiger partial charge in [-0.25, -0.2) is 0 Å². The molecule has 2 N–H and O–H groups in total. The van der Waals surface area contributed by atoms with Gasteiger partial charge in [0.05, 0.1) is 30.5 Å². The second-order valence-electron chi connectivity index (χ2n) is 6.15. The molecule has 0 aliphatic carbocycles. The molecule has 30 heavy (non-hydrogen) atoms. The normalized spacial score (nSPS) is 10.3. The van der Waals surface area contributed by atoms with Crippen molar-refractivity contribution >= 4 is 34.8 Å². The third-order valence-electron chi connectivity index (χ3n) is 3.99. The van der Waals surface area contributed by atoms with Crippen molar-refractivity contribution in [2.24, 2.45) is 0 Å². The zero-order valence-electron chi connectivity index (χ0n) is 17.6. The minimum absolute atomic E-state index is 0.135. The van der Waals surface area contributed by atoms with Crippen molar-refractivity contribution in [1.82, 2.24) is 0 Å². The van der Waals surface area contributed by atoms with E-state index in [4.69, 9.17) is 25.8 Å². The third-order valence-corrected chi connectivity index (χ3v) is 4.32. The summed E-state index contributed by atoms with van der Waals surface area (Å²) in [5.74, 6) is 0.765. The maximum absolute atomic E-state index is 12.9. The van der Waals surface area contributed by atoms with Crippen LogP contribution in [-0.2, 0) is 4.79 Å². The summed E-state index contributed by atoms with van der Waals surface area (Å²) in [5.41, 5.74) is 1.24. The quantitative estimate of drug-likeness (QED) is 0.541. The Hall–Kier alpha value is -2.93. The molecule has 0 atom stereocenters. The van der Waals surface area contributed by atoms with Gasteiger partial charge in [-0.15, -0.1) is 0 Å². The predicted molar refractivity (Wildman–Crippen MR) is 118 cm³/mol. The number of hydrogen-bond acceptors (Lipinski definition) is 5. The second-order valence-corrected chi connectivity index (χ2v) is 6.56. The molecule has 0 saturated heterocycles. The molecule has 2 rings (SSSR count). The third kappa shape index (κ3) is 6.03. The number of benzene rings is 2. The first-order chi connectivity index (χ1) is 14.4. The van der Waals surface area contributed by atoms with Crippen LogP contribution in [0.3, 0.4) is 0 Å². The largest absolute Gasteiger partial charge is 0.490 e. The van der Waals surface area contributed by atoms with Gasteiger partial charge in [0.25, 0.3) is 5.91 Å². The van der Waals surface area contributed by atoms with Gasteiger partial charge in [-0.1, -0.05) is 18.5 Å². The Balaban J connectivity index is 2.36. The van der Waals surface area contributed by atoms with Gasteiger partial charge in [0.2, 0.25) is 11.7 Å². The molecule has 0 bridgehead atoms. The molecule has 0 fully saturated rings. The van der Waals surface area contributed by atoms with E-state index in [1.807, 2.05) is 20.8 Å². The Morgan fingerprint density at radius 2 is 1.47 bits per heavy atom. The van der Waals surface area contributed by atoms with Crippen LogP contribution in [-0.4, -0.2) is 31.6 Å². The summed E-state index contributed by atoms with van der Waals surface area (Å²) in [5, 5.41) is 5.86. The van der Waals surface area contributed by atoms with Crippen molar-refractivity contribution in [2.75, 3.05) is 30.5 Å². The minimum atomic E-state index is -0.402. The number of hydrogen-bond donors (Lipinski definition) is 2. The second kappa shape index (κ2) is 11.3. The van der Waals surface area contributed by atoms with E-state index in [1.165, 1.54) is 0 Å². The fourth-order valence-corrected chi connectivity index (χ4v) is 2.83. The molecule has 0 heterocycles. The molecule has 0 aliphatic rings. The maximum Gasteiger partial charge on any atom is 0.255 e. The predicted octanol–water partition coefficient (Wildman–Crippen LogP) is 5.14. The Kier molecular flexibility index (Phi) is 8.80. The summed E-state index contributed by atoms with van der Waals surface area (Å²) in [6.45, 7) is 8.54. The van der Waals surface area contributed by atoms with Crippen LogP contribution in [0.4, 0.5) is 11.4 Å². The Morgan fingerprint density at radius 3 is 2.00 bits per heavy atom. The molecule has 2 aromatic carbocycles. The van der Waals surface area contributed by atoms with Crippen molar-refractivity contribution in [2.45, 2.75) is 34.1 Å². The van der Waals surface area contributed by atoms with Gasteiger partial charge >= 0.3 is 0 Å². The lowest BCUT2D eigenvalue weighted by atomic mass is 10.1.